The SMILES string of the molecule is COc1ccc(C(=O)CCN)nc1. The summed E-state index contributed by atoms with van der Waals surface area (Å²) in [6.45, 7) is 0.354. The van der Waals surface area contributed by atoms with Crippen molar-refractivity contribution in [3.8, 4) is 5.75 Å². The number of aromatic nitrogens is 1. The van der Waals surface area contributed by atoms with E-state index in [2.05, 4.69) is 4.98 Å². The van der Waals surface area contributed by atoms with E-state index in [1.165, 1.54) is 6.20 Å². The summed E-state index contributed by atoms with van der Waals surface area (Å²) in [7, 11) is 1.55. The fraction of sp³-hybridized carbons (Fsp3) is 0.333. The first kappa shape index (κ1) is 9.67. The van der Waals surface area contributed by atoms with Gasteiger partial charge in [0, 0.05) is 6.42 Å². The zero-order valence-electron chi connectivity index (χ0n) is 7.49. The molecule has 13 heavy (non-hydrogen) atoms. The molecule has 0 aliphatic carbocycles. The van der Waals surface area contributed by atoms with Crippen molar-refractivity contribution >= 4 is 5.78 Å². The number of ketones is 1. The van der Waals surface area contributed by atoms with Crippen LogP contribution in [0.3, 0.4) is 0 Å². The lowest BCUT2D eigenvalue weighted by molar-refractivity contribution is 0.0980. The fourth-order valence-electron chi connectivity index (χ4n) is 0.925. The predicted octanol–water partition coefficient (Wildman–Crippen LogP) is 0.622. The smallest absolute Gasteiger partial charge is 0.182 e. The summed E-state index contributed by atoms with van der Waals surface area (Å²) in [4.78, 5) is 15.2. The second-order valence-corrected chi connectivity index (χ2v) is 2.55. The van der Waals surface area contributed by atoms with E-state index in [-0.39, 0.29) is 5.78 Å². The minimum absolute atomic E-state index is 0.0369. The highest BCUT2D eigenvalue weighted by atomic mass is 16.5. The first-order chi connectivity index (χ1) is 6.27. The Morgan fingerprint density at radius 2 is 2.38 bits per heavy atom. The third kappa shape index (κ3) is 2.52. The quantitative estimate of drug-likeness (QED) is 0.690. The number of rotatable bonds is 4. The van der Waals surface area contributed by atoms with E-state index in [9.17, 15) is 4.79 Å². The summed E-state index contributed by atoms with van der Waals surface area (Å²) in [5, 5.41) is 0. The molecule has 0 fully saturated rings. The van der Waals surface area contributed by atoms with Crippen molar-refractivity contribution in [2.45, 2.75) is 6.42 Å². The molecule has 1 heterocycles. The Labute approximate surface area is 76.7 Å². The van der Waals surface area contributed by atoms with E-state index in [4.69, 9.17) is 10.5 Å². The van der Waals surface area contributed by atoms with Crippen molar-refractivity contribution in [2.75, 3.05) is 13.7 Å². The molecule has 0 saturated carbocycles. The lowest BCUT2D eigenvalue weighted by Gasteiger charge is -2.00. The highest BCUT2D eigenvalue weighted by molar-refractivity contribution is 5.94. The third-order valence-electron chi connectivity index (χ3n) is 1.63. The Hall–Kier alpha value is -1.42. The molecule has 1 aromatic rings. The molecular formula is C9H12N2O2. The van der Waals surface area contributed by atoms with Crippen LogP contribution < -0.4 is 10.5 Å². The van der Waals surface area contributed by atoms with Crippen LogP contribution in [-0.2, 0) is 0 Å². The lowest BCUT2D eigenvalue weighted by Crippen LogP contribution is -2.09. The summed E-state index contributed by atoms with van der Waals surface area (Å²) in [6, 6.07) is 3.34. The van der Waals surface area contributed by atoms with Crippen LogP contribution in [0.2, 0.25) is 0 Å². The van der Waals surface area contributed by atoms with Gasteiger partial charge in [0.05, 0.1) is 13.3 Å². The maximum absolute atomic E-state index is 11.3. The van der Waals surface area contributed by atoms with Gasteiger partial charge in [0.2, 0.25) is 0 Å². The van der Waals surface area contributed by atoms with Crippen molar-refractivity contribution in [1.82, 2.24) is 4.98 Å². The Morgan fingerprint density at radius 1 is 1.62 bits per heavy atom. The molecule has 70 valence electrons. The molecule has 0 spiro atoms. The Kier molecular flexibility index (Phi) is 3.40. The summed E-state index contributed by atoms with van der Waals surface area (Å²) in [6.07, 6.45) is 1.85. The van der Waals surface area contributed by atoms with Crippen molar-refractivity contribution in [1.29, 1.82) is 0 Å². The van der Waals surface area contributed by atoms with Crippen molar-refractivity contribution in [3.05, 3.63) is 24.0 Å². The van der Waals surface area contributed by atoms with E-state index >= 15 is 0 Å². The number of hydrogen-bond acceptors (Lipinski definition) is 4. The van der Waals surface area contributed by atoms with Crippen molar-refractivity contribution < 1.29 is 9.53 Å². The highest BCUT2D eigenvalue weighted by Gasteiger charge is 2.05. The van der Waals surface area contributed by atoms with Crippen molar-refractivity contribution in [2.24, 2.45) is 5.73 Å². The number of Topliss-reactive ketones (excluding diaryl/α,β-unsaturated/α-hetero) is 1. The van der Waals surface area contributed by atoms with E-state index in [0.717, 1.165) is 0 Å². The first-order valence-electron chi connectivity index (χ1n) is 4.01. The topological polar surface area (TPSA) is 65.2 Å². The molecule has 0 unspecified atom stereocenters. The Morgan fingerprint density at radius 3 is 2.85 bits per heavy atom. The van der Waals surface area contributed by atoms with Crippen LogP contribution in [0.25, 0.3) is 0 Å². The van der Waals surface area contributed by atoms with Crippen molar-refractivity contribution in [3.63, 3.8) is 0 Å². The molecule has 2 N–H and O–H groups in total. The van der Waals surface area contributed by atoms with E-state index in [0.29, 0.717) is 24.4 Å². The molecule has 4 heteroatoms. The zero-order chi connectivity index (χ0) is 9.68. The van der Waals surface area contributed by atoms with Gasteiger partial charge in [0.15, 0.2) is 5.78 Å². The highest BCUT2D eigenvalue weighted by Crippen LogP contribution is 2.08. The Balaban J connectivity index is 2.74. The number of carbonyl (C=O) groups is 1. The average molecular weight is 180 g/mol. The largest absolute Gasteiger partial charge is 0.495 e. The van der Waals surface area contributed by atoms with E-state index < -0.39 is 0 Å². The molecule has 1 aromatic heterocycles. The molecule has 0 aliphatic rings. The van der Waals surface area contributed by atoms with Gasteiger partial charge >= 0.3 is 0 Å². The standard InChI is InChI=1S/C9H12N2O2/c1-13-7-2-3-8(11-6-7)9(12)4-5-10/h2-3,6H,4-5,10H2,1H3. The average Bonchev–Trinajstić information content (AvgIpc) is 2.18. The molecule has 0 amide bonds. The molecule has 0 bridgehead atoms. The first-order valence-corrected chi connectivity index (χ1v) is 4.01. The zero-order valence-corrected chi connectivity index (χ0v) is 7.49. The normalized spacial score (nSPS) is 9.69. The number of nitrogens with two attached hydrogens (primary N) is 1. The minimum atomic E-state index is -0.0369. The van der Waals surface area contributed by atoms with Crippen LogP contribution >= 0.6 is 0 Å². The van der Waals surface area contributed by atoms with Gasteiger partial charge < -0.3 is 10.5 Å². The van der Waals surface area contributed by atoms with Gasteiger partial charge in [-0.2, -0.15) is 0 Å². The fourth-order valence-corrected chi connectivity index (χ4v) is 0.925. The van der Waals surface area contributed by atoms with E-state index in [1.807, 2.05) is 0 Å². The summed E-state index contributed by atoms with van der Waals surface area (Å²) in [5.41, 5.74) is 5.69. The van der Waals surface area contributed by atoms with Crippen LogP contribution in [0.5, 0.6) is 5.75 Å². The van der Waals surface area contributed by atoms with Crippen LogP contribution in [0.1, 0.15) is 16.9 Å². The summed E-state index contributed by atoms with van der Waals surface area (Å²) < 4.78 is 4.91. The number of carbonyl (C=O) groups excluding carboxylic acids is 1. The molecule has 0 atom stereocenters. The number of pyridine rings is 1. The van der Waals surface area contributed by atoms with E-state index in [1.54, 1.807) is 19.2 Å². The monoisotopic (exact) mass is 180 g/mol. The van der Waals surface area contributed by atoms with Gasteiger partial charge in [-0.25, -0.2) is 4.98 Å². The lowest BCUT2D eigenvalue weighted by atomic mass is 10.2. The molecule has 4 nitrogen and oxygen atoms in total. The second-order valence-electron chi connectivity index (χ2n) is 2.55. The molecule has 0 saturated heterocycles. The van der Waals surface area contributed by atoms with Gasteiger partial charge in [-0.05, 0) is 18.7 Å². The number of methoxy groups -OCH3 is 1. The second kappa shape index (κ2) is 4.57. The van der Waals surface area contributed by atoms with Gasteiger partial charge in [0.25, 0.3) is 0 Å². The van der Waals surface area contributed by atoms with Gasteiger partial charge in [-0.3, -0.25) is 4.79 Å². The summed E-state index contributed by atoms with van der Waals surface area (Å²) >= 11 is 0. The molecule has 0 aromatic carbocycles. The maximum atomic E-state index is 11.3. The van der Waals surface area contributed by atoms with Crippen LogP contribution in [0.4, 0.5) is 0 Å². The minimum Gasteiger partial charge on any atom is -0.495 e. The summed E-state index contributed by atoms with van der Waals surface area (Å²) in [5.74, 6) is 0.606. The predicted molar refractivity (Wildman–Crippen MR) is 48.8 cm³/mol. The van der Waals surface area contributed by atoms with Crippen LogP contribution in [0.15, 0.2) is 18.3 Å². The molecule has 0 radical (unpaired) electrons. The molecular weight excluding hydrogens is 168 g/mol. The molecule has 0 aliphatic heterocycles. The number of nitrogens with zero attached hydrogens (tertiary/aromatic N) is 1. The molecule has 1 rings (SSSR count). The number of ether oxygens (including phenoxy) is 1. The van der Waals surface area contributed by atoms with Gasteiger partial charge in [-0.15, -0.1) is 0 Å². The Bertz CT molecular complexity index is 282. The van der Waals surface area contributed by atoms with Gasteiger partial charge in [0.1, 0.15) is 11.4 Å². The third-order valence-corrected chi connectivity index (χ3v) is 1.63. The maximum Gasteiger partial charge on any atom is 0.182 e. The van der Waals surface area contributed by atoms with Crippen LogP contribution in [0, 0.1) is 0 Å². The number of hydrogen-bond donors (Lipinski definition) is 1. The van der Waals surface area contributed by atoms with Crippen LogP contribution in [-0.4, -0.2) is 24.4 Å². The van der Waals surface area contributed by atoms with Gasteiger partial charge in [-0.1, -0.05) is 0 Å².